The molecule has 0 aliphatic heterocycles. The van der Waals surface area contributed by atoms with E-state index in [1.807, 2.05) is 13.8 Å². The lowest BCUT2D eigenvalue weighted by atomic mass is 10.2. The van der Waals surface area contributed by atoms with Gasteiger partial charge in [0.25, 0.3) is 0 Å². The molecule has 4 nitrogen and oxygen atoms in total. The van der Waals surface area contributed by atoms with Crippen LogP contribution in [0.3, 0.4) is 0 Å². The van der Waals surface area contributed by atoms with Gasteiger partial charge in [-0.25, -0.2) is 9.97 Å². The average molecular weight is 251 g/mol. The topological polar surface area (TPSA) is 47.0 Å². The fourth-order valence-electron chi connectivity index (χ4n) is 1.56. The van der Waals surface area contributed by atoms with Gasteiger partial charge in [0.15, 0.2) is 5.75 Å². The smallest absolute Gasteiger partial charge is 0.160 e. The summed E-state index contributed by atoms with van der Waals surface area (Å²) in [5.74, 6) is 2.00. The van der Waals surface area contributed by atoms with Crippen molar-refractivity contribution >= 4 is 0 Å². The van der Waals surface area contributed by atoms with E-state index < -0.39 is 0 Å². The number of hydrogen-bond donors (Lipinski definition) is 1. The minimum Gasteiger partial charge on any atom is -0.487 e. The molecule has 0 aromatic carbocycles. The summed E-state index contributed by atoms with van der Waals surface area (Å²) in [5, 5.41) is 3.36. The van der Waals surface area contributed by atoms with Crippen LogP contribution in [0.15, 0.2) is 6.20 Å². The van der Waals surface area contributed by atoms with Gasteiger partial charge in [-0.05, 0) is 26.8 Å². The zero-order valence-corrected chi connectivity index (χ0v) is 12.2. The van der Waals surface area contributed by atoms with Crippen LogP contribution in [-0.2, 0) is 6.54 Å². The quantitative estimate of drug-likeness (QED) is 0.757. The number of aromatic nitrogens is 2. The summed E-state index contributed by atoms with van der Waals surface area (Å²) in [6, 6.07) is 0. The van der Waals surface area contributed by atoms with Crippen molar-refractivity contribution in [3.63, 3.8) is 0 Å². The van der Waals surface area contributed by atoms with Gasteiger partial charge in [0.05, 0.1) is 18.0 Å². The minimum absolute atomic E-state index is 0.142. The van der Waals surface area contributed by atoms with Gasteiger partial charge in [0.1, 0.15) is 5.82 Å². The Morgan fingerprint density at radius 1 is 1.28 bits per heavy atom. The molecule has 0 amide bonds. The molecule has 0 atom stereocenters. The van der Waals surface area contributed by atoms with E-state index in [0.717, 1.165) is 36.8 Å². The Hall–Kier alpha value is -1.16. The number of hydrogen-bond acceptors (Lipinski definition) is 4. The Bertz CT molecular complexity index is 364. The fourth-order valence-corrected chi connectivity index (χ4v) is 1.56. The van der Waals surface area contributed by atoms with Crippen molar-refractivity contribution in [1.29, 1.82) is 0 Å². The molecule has 0 spiro atoms. The van der Waals surface area contributed by atoms with E-state index in [2.05, 4.69) is 36.1 Å². The SMILES string of the molecule is CCCNCc1nc(C(C)C)ncc1OC(C)C. The molecular weight excluding hydrogens is 226 g/mol. The van der Waals surface area contributed by atoms with E-state index in [1.54, 1.807) is 6.20 Å². The molecule has 102 valence electrons. The van der Waals surface area contributed by atoms with Gasteiger partial charge in [-0.15, -0.1) is 0 Å². The van der Waals surface area contributed by atoms with E-state index >= 15 is 0 Å². The highest BCUT2D eigenvalue weighted by Gasteiger charge is 2.11. The van der Waals surface area contributed by atoms with Crippen LogP contribution >= 0.6 is 0 Å². The first-order valence-corrected chi connectivity index (χ1v) is 6.77. The zero-order valence-electron chi connectivity index (χ0n) is 12.2. The molecule has 1 heterocycles. The third kappa shape index (κ3) is 4.61. The van der Waals surface area contributed by atoms with Gasteiger partial charge in [0.2, 0.25) is 0 Å². The highest BCUT2D eigenvalue weighted by atomic mass is 16.5. The third-order valence-electron chi connectivity index (χ3n) is 2.45. The van der Waals surface area contributed by atoms with Crippen LogP contribution < -0.4 is 10.1 Å². The van der Waals surface area contributed by atoms with Gasteiger partial charge in [-0.1, -0.05) is 20.8 Å². The third-order valence-corrected chi connectivity index (χ3v) is 2.45. The standard InChI is InChI=1S/C14H25N3O/c1-6-7-15-8-12-13(18-11(4)5)9-16-14(17-12)10(2)3/h9-11,15H,6-8H2,1-5H3. The molecule has 0 bridgehead atoms. The molecule has 4 heteroatoms. The van der Waals surface area contributed by atoms with E-state index in [4.69, 9.17) is 4.74 Å². The van der Waals surface area contributed by atoms with Crippen molar-refractivity contribution < 1.29 is 4.74 Å². The summed E-state index contributed by atoms with van der Waals surface area (Å²) >= 11 is 0. The van der Waals surface area contributed by atoms with Gasteiger partial charge in [-0.2, -0.15) is 0 Å². The normalized spacial score (nSPS) is 11.3. The predicted octanol–water partition coefficient (Wildman–Crippen LogP) is 2.89. The molecule has 0 saturated carbocycles. The van der Waals surface area contributed by atoms with Crippen molar-refractivity contribution in [2.75, 3.05) is 6.54 Å². The maximum absolute atomic E-state index is 5.75. The van der Waals surface area contributed by atoms with Gasteiger partial charge >= 0.3 is 0 Å². The van der Waals surface area contributed by atoms with Gasteiger partial charge in [-0.3, -0.25) is 0 Å². The molecule has 18 heavy (non-hydrogen) atoms. The molecule has 1 rings (SSSR count). The Kier molecular flexibility index (Phi) is 6.05. The highest BCUT2D eigenvalue weighted by Crippen LogP contribution is 2.19. The lowest BCUT2D eigenvalue weighted by Gasteiger charge is -2.15. The molecule has 1 aromatic heterocycles. The van der Waals surface area contributed by atoms with Crippen molar-refractivity contribution in [3.8, 4) is 5.75 Å². The summed E-state index contributed by atoms with van der Waals surface area (Å²) in [6.07, 6.45) is 3.05. The molecule has 0 radical (unpaired) electrons. The second-order valence-corrected chi connectivity index (χ2v) is 5.04. The Labute approximate surface area is 110 Å². The summed E-state index contributed by atoms with van der Waals surface area (Å²) in [5.41, 5.74) is 0.954. The molecule has 1 N–H and O–H groups in total. The molecule has 1 aromatic rings. The monoisotopic (exact) mass is 251 g/mol. The lowest BCUT2D eigenvalue weighted by Crippen LogP contribution is -2.18. The molecule has 0 aliphatic carbocycles. The van der Waals surface area contributed by atoms with Crippen LogP contribution in [0.2, 0.25) is 0 Å². The van der Waals surface area contributed by atoms with Crippen LogP contribution in [-0.4, -0.2) is 22.6 Å². The Morgan fingerprint density at radius 3 is 2.56 bits per heavy atom. The van der Waals surface area contributed by atoms with E-state index in [-0.39, 0.29) is 6.10 Å². The largest absolute Gasteiger partial charge is 0.487 e. The van der Waals surface area contributed by atoms with Crippen molar-refractivity contribution in [2.45, 2.75) is 59.6 Å². The molecule has 0 fully saturated rings. The minimum atomic E-state index is 0.142. The van der Waals surface area contributed by atoms with Crippen LogP contribution in [0.5, 0.6) is 5.75 Å². The summed E-state index contributed by atoms with van der Waals surface area (Å²) < 4.78 is 5.75. The number of rotatable bonds is 7. The number of ether oxygens (including phenoxy) is 1. The average Bonchev–Trinajstić information content (AvgIpc) is 2.30. The van der Waals surface area contributed by atoms with Crippen molar-refractivity contribution in [1.82, 2.24) is 15.3 Å². The first-order valence-electron chi connectivity index (χ1n) is 6.77. The number of nitrogens with zero attached hydrogens (tertiary/aromatic N) is 2. The Balaban J connectivity index is 2.87. The number of nitrogens with one attached hydrogen (secondary N) is 1. The molecular formula is C14H25N3O. The van der Waals surface area contributed by atoms with Crippen molar-refractivity contribution in [3.05, 3.63) is 17.7 Å². The fraction of sp³-hybridized carbons (Fsp3) is 0.714. The highest BCUT2D eigenvalue weighted by molar-refractivity contribution is 5.25. The summed E-state index contributed by atoms with van der Waals surface area (Å²) in [7, 11) is 0. The van der Waals surface area contributed by atoms with Crippen LogP contribution in [0.1, 0.15) is 58.5 Å². The maximum atomic E-state index is 5.75. The first kappa shape index (κ1) is 14.9. The lowest BCUT2D eigenvalue weighted by molar-refractivity contribution is 0.236. The van der Waals surface area contributed by atoms with E-state index in [1.165, 1.54) is 0 Å². The van der Waals surface area contributed by atoms with Gasteiger partial charge < -0.3 is 10.1 Å². The summed E-state index contributed by atoms with van der Waals surface area (Å²) in [4.78, 5) is 8.95. The summed E-state index contributed by atoms with van der Waals surface area (Å²) in [6.45, 7) is 12.1. The second kappa shape index (κ2) is 7.31. The molecule has 0 unspecified atom stereocenters. The predicted molar refractivity (Wildman–Crippen MR) is 73.9 cm³/mol. The van der Waals surface area contributed by atoms with Crippen LogP contribution in [0, 0.1) is 0 Å². The van der Waals surface area contributed by atoms with Crippen LogP contribution in [0.25, 0.3) is 0 Å². The molecule has 0 saturated heterocycles. The molecule has 0 aliphatic rings. The maximum Gasteiger partial charge on any atom is 0.160 e. The zero-order chi connectivity index (χ0) is 13.5. The first-order chi connectivity index (χ1) is 8.54. The van der Waals surface area contributed by atoms with Gasteiger partial charge in [0, 0.05) is 12.5 Å². The van der Waals surface area contributed by atoms with E-state index in [9.17, 15) is 0 Å². The van der Waals surface area contributed by atoms with Crippen molar-refractivity contribution in [2.24, 2.45) is 0 Å². The van der Waals surface area contributed by atoms with Crippen LogP contribution in [0.4, 0.5) is 0 Å². The second-order valence-electron chi connectivity index (χ2n) is 5.04. The van der Waals surface area contributed by atoms with E-state index in [0.29, 0.717) is 5.92 Å². The Morgan fingerprint density at radius 2 is 2.00 bits per heavy atom.